The molecule has 0 aromatic heterocycles. The maximum absolute atomic E-state index is 11.8. The molecule has 1 saturated heterocycles. The van der Waals surface area contributed by atoms with Crippen LogP contribution < -0.4 is 11.1 Å². The molecule has 0 radical (unpaired) electrons. The minimum atomic E-state index is -0.810. The van der Waals surface area contributed by atoms with Crippen LogP contribution in [0.4, 0.5) is 4.79 Å². The van der Waals surface area contributed by atoms with E-state index in [1.165, 1.54) is 0 Å². The summed E-state index contributed by atoms with van der Waals surface area (Å²) in [6, 6.07) is -0.188. The van der Waals surface area contributed by atoms with Gasteiger partial charge in [0.15, 0.2) is 0 Å². The van der Waals surface area contributed by atoms with Gasteiger partial charge < -0.3 is 21.1 Å². The van der Waals surface area contributed by atoms with Gasteiger partial charge >= 0.3 is 12.0 Å². The molecule has 1 atom stereocenters. The smallest absolute Gasteiger partial charge is 0.317 e. The molecule has 0 aliphatic carbocycles. The minimum Gasteiger partial charge on any atom is -0.481 e. The number of carbonyl (C=O) groups excluding carboxylic acids is 1. The molecule has 18 heavy (non-hydrogen) atoms. The van der Waals surface area contributed by atoms with Crippen LogP contribution in [0.5, 0.6) is 0 Å². The average Bonchev–Trinajstić information content (AvgIpc) is 2.75. The molecule has 0 spiro atoms. The highest BCUT2D eigenvalue weighted by Crippen LogP contribution is 2.38. The summed E-state index contributed by atoms with van der Waals surface area (Å²) < 4.78 is 0. The van der Waals surface area contributed by atoms with Gasteiger partial charge in [-0.25, -0.2) is 4.79 Å². The van der Waals surface area contributed by atoms with Crippen molar-refractivity contribution in [2.75, 3.05) is 26.2 Å². The van der Waals surface area contributed by atoms with Crippen LogP contribution in [-0.4, -0.2) is 48.2 Å². The van der Waals surface area contributed by atoms with E-state index in [4.69, 9.17) is 5.73 Å². The number of carboxylic acid groups (broad SMARTS) is 1. The number of aliphatic carboxylic acids is 1. The molecular formula is C12H23N3O3. The molecule has 1 heterocycles. The Morgan fingerprint density at radius 2 is 2.17 bits per heavy atom. The molecule has 6 heteroatoms. The van der Waals surface area contributed by atoms with E-state index in [2.05, 4.69) is 5.32 Å². The van der Waals surface area contributed by atoms with Crippen molar-refractivity contribution in [2.45, 2.75) is 26.7 Å². The summed E-state index contributed by atoms with van der Waals surface area (Å²) in [5.74, 6) is -0.799. The monoisotopic (exact) mass is 257 g/mol. The van der Waals surface area contributed by atoms with Crippen molar-refractivity contribution in [1.29, 1.82) is 0 Å². The van der Waals surface area contributed by atoms with E-state index < -0.39 is 11.4 Å². The van der Waals surface area contributed by atoms with Gasteiger partial charge in [-0.05, 0) is 25.3 Å². The zero-order valence-electron chi connectivity index (χ0n) is 11.1. The highest BCUT2D eigenvalue weighted by atomic mass is 16.4. The summed E-state index contributed by atoms with van der Waals surface area (Å²) in [5, 5.41) is 12.1. The van der Waals surface area contributed by atoms with Crippen LogP contribution >= 0.6 is 0 Å². The first-order valence-electron chi connectivity index (χ1n) is 6.40. The Kier molecular flexibility index (Phi) is 4.95. The number of nitrogens with one attached hydrogen (secondary N) is 1. The van der Waals surface area contributed by atoms with E-state index in [-0.39, 0.29) is 18.5 Å². The van der Waals surface area contributed by atoms with E-state index in [9.17, 15) is 14.7 Å². The summed E-state index contributed by atoms with van der Waals surface area (Å²) >= 11 is 0. The number of carboxylic acids is 1. The van der Waals surface area contributed by atoms with Gasteiger partial charge in [-0.2, -0.15) is 0 Å². The summed E-state index contributed by atoms with van der Waals surface area (Å²) in [5.41, 5.74) is 4.55. The van der Waals surface area contributed by atoms with Crippen LogP contribution in [0.15, 0.2) is 0 Å². The number of nitrogens with zero attached hydrogens (tertiary/aromatic N) is 1. The summed E-state index contributed by atoms with van der Waals surface area (Å²) in [7, 11) is 0. The molecule has 1 aliphatic rings. The van der Waals surface area contributed by atoms with Gasteiger partial charge in [0.25, 0.3) is 0 Å². The molecule has 0 saturated carbocycles. The van der Waals surface area contributed by atoms with E-state index in [0.717, 1.165) is 6.42 Å². The van der Waals surface area contributed by atoms with Gasteiger partial charge in [0.2, 0.25) is 0 Å². The molecule has 4 N–H and O–H groups in total. The van der Waals surface area contributed by atoms with Gasteiger partial charge in [0.1, 0.15) is 0 Å². The molecular weight excluding hydrogens is 234 g/mol. The maximum Gasteiger partial charge on any atom is 0.317 e. The third-order valence-corrected chi connectivity index (χ3v) is 3.78. The topological polar surface area (TPSA) is 95.7 Å². The maximum atomic E-state index is 11.8. The Balaban J connectivity index is 2.58. The largest absolute Gasteiger partial charge is 0.481 e. The molecule has 2 amide bonds. The van der Waals surface area contributed by atoms with Gasteiger partial charge in [0, 0.05) is 19.6 Å². The second kappa shape index (κ2) is 6.04. The molecule has 6 nitrogen and oxygen atoms in total. The van der Waals surface area contributed by atoms with Crippen LogP contribution in [0.3, 0.4) is 0 Å². The first-order chi connectivity index (χ1) is 8.44. The lowest BCUT2D eigenvalue weighted by molar-refractivity contribution is -0.150. The van der Waals surface area contributed by atoms with E-state index >= 15 is 0 Å². The van der Waals surface area contributed by atoms with E-state index in [0.29, 0.717) is 26.1 Å². The molecule has 1 fully saturated rings. The predicted molar refractivity (Wildman–Crippen MR) is 68.2 cm³/mol. The fraction of sp³-hybridized carbons (Fsp3) is 0.833. The number of rotatable bonds is 5. The Bertz CT molecular complexity index is 320. The van der Waals surface area contributed by atoms with Crippen molar-refractivity contribution >= 4 is 12.0 Å². The van der Waals surface area contributed by atoms with Crippen molar-refractivity contribution in [3.05, 3.63) is 0 Å². The number of amides is 2. The SMILES string of the molecule is CC(C)C1(C(=O)O)CCN(C(=O)NCCCN)C1. The van der Waals surface area contributed by atoms with E-state index in [1.807, 2.05) is 13.8 Å². The van der Waals surface area contributed by atoms with Crippen molar-refractivity contribution in [3.8, 4) is 0 Å². The van der Waals surface area contributed by atoms with Crippen LogP contribution in [0.1, 0.15) is 26.7 Å². The number of carbonyl (C=O) groups is 2. The molecule has 1 unspecified atom stereocenters. The summed E-state index contributed by atoms with van der Waals surface area (Å²) in [6.45, 7) is 5.64. The third-order valence-electron chi connectivity index (χ3n) is 3.78. The fourth-order valence-corrected chi connectivity index (χ4v) is 2.31. The first kappa shape index (κ1) is 14.8. The average molecular weight is 257 g/mol. The number of hydrogen-bond acceptors (Lipinski definition) is 3. The van der Waals surface area contributed by atoms with Crippen molar-refractivity contribution < 1.29 is 14.7 Å². The Morgan fingerprint density at radius 1 is 1.50 bits per heavy atom. The molecule has 0 aromatic rings. The minimum absolute atomic E-state index is 0.0110. The van der Waals surface area contributed by atoms with E-state index in [1.54, 1.807) is 4.90 Å². The Hall–Kier alpha value is -1.30. The lowest BCUT2D eigenvalue weighted by atomic mass is 9.76. The van der Waals surface area contributed by atoms with Crippen LogP contribution in [0.2, 0.25) is 0 Å². The van der Waals surface area contributed by atoms with Gasteiger partial charge in [0.05, 0.1) is 5.41 Å². The fourth-order valence-electron chi connectivity index (χ4n) is 2.31. The lowest BCUT2D eigenvalue weighted by Gasteiger charge is -2.28. The number of likely N-dealkylation sites (tertiary alicyclic amines) is 1. The van der Waals surface area contributed by atoms with Gasteiger partial charge in [-0.1, -0.05) is 13.8 Å². The third kappa shape index (κ3) is 2.93. The second-order valence-corrected chi connectivity index (χ2v) is 5.16. The van der Waals surface area contributed by atoms with Gasteiger partial charge in [-0.3, -0.25) is 4.79 Å². The summed E-state index contributed by atoms with van der Waals surface area (Å²) in [4.78, 5) is 24.8. The molecule has 1 aliphatic heterocycles. The number of nitrogens with two attached hydrogens (primary N) is 1. The first-order valence-corrected chi connectivity index (χ1v) is 6.40. The molecule has 0 aromatic carbocycles. The molecule has 1 rings (SSSR count). The highest BCUT2D eigenvalue weighted by Gasteiger charge is 2.48. The second-order valence-electron chi connectivity index (χ2n) is 5.16. The Morgan fingerprint density at radius 3 is 2.61 bits per heavy atom. The quantitative estimate of drug-likeness (QED) is 0.624. The molecule has 104 valence electrons. The lowest BCUT2D eigenvalue weighted by Crippen LogP contribution is -2.44. The van der Waals surface area contributed by atoms with Gasteiger partial charge in [-0.15, -0.1) is 0 Å². The number of urea groups is 1. The normalized spacial score (nSPS) is 23.4. The summed E-state index contributed by atoms with van der Waals surface area (Å²) in [6.07, 6.45) is 1.25. The predicted octanol–water partition coefficient (Wildman–Crippen LogP) is 0.478. The highest BCUT2D eigenvalue weighted by molar-refractivity contribution is 5.80. The van der Waals surface area contributed by atoms with Crippen molar-refractivity contribution in [1.82, 2.24) is 10.2 Å². The zero-order chi connectivity index (χ0) is 13.8. The van der Waals surface area contributed by atoms with Crippen LogP contribution in [0.25, 0.3) is 0 Å². The Labute approximate surface area is 108 Å². The van der Waals surface area contributed by atoms with Crippen molar-refractivity contribution in [3.63, 3.8) is 0 Å². The number of hydrogen-bond donors (Lipinski definition) is 3. The van der Waals surface area contributed by atoms with Crippen molar-refractivity contribution in [2.24, 2.45) is 17.1 Å². The zero-order valence-corrected chi connectivity index (χ0v) is 11.1. The van der Waals surface area contributed by atoms with Crippen LogP contribution in [0, 0.1) is 11.3 Å². The molecule has 0 bridgehead atoms. The standard InChI is InChI=1S/C12H23N3O3/c1-9(2)12(10(16)17)4-7-15(8-12)11(18)14-6-3-5-13/h9H,3-8,13H2,1-2H3,(H,14,18)(H,16,17). The van der Waals surface area contributed by atoms with Crippen LogP contribution in [-0.2, 0) is 4.79 Å².